The van der Waals surface area contributed by atoms with Gasteiger partial charge in [-0.2, -0.15) is 0 Å². The van der Waals surface area contributed by atoms with Gasteiger partial charge in [-0.05, 0) is 60.2 Å². The molecular weight excluding hydrogens is 448 g/mol. The number of hydroxylamine groups is 1. The second-order valence-electron chi connectivity index (χ2n) is 7.65. The maximum atomic E-state index is 12.9. The van der Waals surface area contributed by atoms with E-state index in [-0.39, 0.29) is 5.91 Å². The number of benzene rings is 3. The number of rotatable bonds is 5. The second-order valence-corrected chi connectivity index (χ2v) is 8.73. The van der Waals surface area contributed by atoms with Crippen molar-refractivity contribution in [2.45, 2.75) is 16.3 Å². The average molecular weight is 469 g/mol. The molecule has 2 heterocycles. The van der Waals surface area contributed by atoms with E-state index in [1.54, 1.807) is 47.7 Å². The first-order valence-electron chi connectivity index (χ1n) is 10.6. The summed E-state index contributed by atoms with van der Waals surface area (Å²) in [6.07, 6.45) is 1.63. The lowest BCUT2D eigenvalue weighted by Gasteiger charge is -2.33. The van der Waals surface area contributed by atoms with Crippen LogP contribution in [0.1, 0.15) is 26.3 Å². The summed E-state index contributed by atoms with van der Waals surface area (Å²) in [5.74, 6) is -0.293. The molecule has 3 N–H and O–H groups in total. The fraction of sp³-hybridized carbons (Fsp3) is 0.0385. The van der Waals surface area contributed by atoms with Crippen LogP contribution in [0.2, 0.25) is 0 Å². The molecule has 1 aromatic heterocycles. The van der Waals surface area contributed by atoms with Crippen molar-refractivity contribution in [2.75, 3.05) is 10.2 Å². The molecule has 2 amide bonds. The van der Waals surface area contributed by atoms with Crippen molar-refractivity contribution >= 4 is 40.8 Å². The molecule has 0 unspecified atom stereocenters. The number of aromatic nitrogens is 1. The maximum Gasteiger partial charge on any atom is 0.274 e. The Morgan fingerprint density at radius 2 is 1.56 bits per heavy atom. The van der Waals surface area contributed by atoms with Crippen molar-refractivity contribution in [2.24, 2.45) is 0 Å². The van der Waals surface area contributed by atoms with Crippen molar-refractivity contribution < 1.29 is 14.8 Å². The number of nitrogens with one attached hydrogen (secondary N) is 2. The molecule has 0 spiro atoms. The molecule has 0 aliphatic carbocycles. The van der Waals surface area contributed by atoms with E-state index in [1.807, 2.05) is 48.5 Å². The summed E-state index contributed by atoms with van der Waals surface area (Å²) in [4.78, 5) is 33.1. The zero-order valence-electron chi connectivity index (χ0n) is 17.9. The standard InChI is InChI=1S/C26H20N4O3S/c31-25(28-24-7-3-4-14-27-24)19-12-13-23-21(15-19)30(20-5-1-2-6-22(20)34-23)16-17-8-10-18(11-9-17)26(32)29-33/h1-15,33H,16H2,(H,29,32)(H,27,28,31). The van der Waals surface area contributed by atoms with Crippen LogP contribution in [0.15, 0.2) is 101 Å². The van der Waals surface area contributed by atoms with Crippen molar-refractivity contribution in [3.05, 3.63) is 108 Å². The van der Waals surface area contributed by atoms with E-state index in [9.17, 15) is 9.59 Å². The molecule has 7 nitrogen and oxygen atoms in total. The van der Waals surface area contributed by atoms with Gasteiger partial charge in [0.1, 0.15) is 5.82 Å². The number of nitrogens with zero attached hydrogens (tertiary/aromatic N) is 2. The first-order valence-corrected chi connectivity index (χ1v) is 11.4. The predicted octanol–water partition coefficient (Wildman–Crippen LogP) is 5.26. The number of hydrogen-bond acceptors (Lipinski definition) is 6. The lowest BCUT2D eigenvalue weighted by Crippen LogP contribution is -2.22. The molecule has 1 aliphatic rings. The first kappa shape index (κ1) is 21.7. The molecular formula is C26H20N4O3S. The number of carbonyl (C=O) groups is 2. The third kappa shape index (κ3) is 4.36. The van der Waals surface area contributed by atoms with E-state index in [1.165, 1.54) is 0 Å². The van der Waals surface area contributed by atoms with Crippen LogP contribution in [-0.2, 0) is 6.54 Å². The Hall–Kier alpha value is -4.14. The van der Waals surface area contributed by atoms with Gasteiger partial charge in [0.25, 0.3) is 11.8 Å². The number of carbonyl (C=O) groups excluding carboxylic acids is 2. The minimum atomic E-state index is -0.555. The van der Waals surface area contributed by atoms with Gasteiger partial charge in [-0.25, -0.2) is 10.5 Å². The van der Waals surface area contributed by atoms with E-state index >= 15 is 0 Å². The van der Waals surface area contributed by atoms with Gasteiger partial charge in [0.2, 0.25) is 0 Å². The zero-order chi connectivity index (χ0) is 23.5. The van der Waals surface area contributed by atoms with Crippen LogP contribution in [0.25, 0.3) is 0 Å². The van der Waals surface area contributed by atoms with E-state index in [4.69, 9.17) is 5.21 Å². The highest BCUT2D eigenvalue weighted by Gasteiger charge is 2.25. The summed E-state index contributed by atoms with van der Waals surface area (Å²) >= 11 is 1.66. The first-order chi connectivity index (χ1) is 16.6. The molecule has 4 aromatic rings. The Bertz CT molecular complexity index is 1360. The summed E-state index contributed by atoms with van der Waals surface area (Å²) in [6.45, 7) is 0.539. The van der Waals surface area contributed by atoms with Gasteiger partial charge in [-0.15, -0.1) is 0 Å². The van der Waals surface area contributed by atoms with E-state index in [2.05, 4.69) is 27.3 Å². The SMILES string of the molecule is O=C(NO)c1ccc(CN2c3ccccc3Sc3ccc(C(=O)Nc4ccccn4)cc32)cc1. The fourth-order valence-electron chi connectivity index (χ4n) is 3.77. The van der Waals surface area contributed by atoms with Gasteiger partial charge in [0.05, 0.1) is 11.4 Å². The molecule has 0 saturated carbocycles. The Labute approximate surface area is 200 Å². The van der Waals surface area contributed by atoms with Crippen molar-refractivity contribution in [1.82, 2.24) is 10.5 Å². The molecule has 0 atom stereocenters. The van der Waals surface area contributed by atoms with Crippen LogP contribution in [0, 0.1) is 0 Å². The maximum absolute atomic E-state index is 12.9. The number of anilines is 3. The van der Waals surface area contributed by atoms with Gasteiger partial charge in [0, 0.05) is 33.7 Å². The summed E-state index contributed by atoms with van der Waals surface area (Å²) in [5.41, 5.74) is 5.49. The van der Waals surface area contributed by atoms with Crippen LogP contribution in [0.3, 0.4) is 0 Å². The van der Waals surface area contributed by atoms with Gasteiger partial charge < -0.3 is 10.2 Å². The molecule has 0 fully saturated rings. The molecule has 0 saturated heterocycles. The zero-order valence-corrected chi connectivity index (χ0v) is 18.8. The summed E-state index contributed by atoms with van der Waals surface area (Å²) < 4.78 is 0. The molecule has 1 aliphatic heterocycles. The largest absolute Gasteiger partial charge is 0.335 e. The monoisotopic (exact) mass is 468 g/mol. The Balaban J connectivity index is 1.48. The van der Waals surface area contributed by atoms with Crippen molar-refractivity contribution in [3.8, 4) is 0 Å². The Morgan fingerprint density at radius 3 is 2.32 bits per heavy atom. The third-order valence-corrected chi connectivity index (χ3v) is 6.58. The molecule has 0 bridgehead atoms. The molecule has 168 valence electrons. The Morgan fingerprint density at radius 1 is 0.824 bits per heavy atom. The minimum absolute atomic E-state index is 0.232. The molecule has 5 rings (SSSR count). The quantitative estimate of drug-likeness (QED) is 0.273. The molecule has 0 radical (unpaired) electrons. The van der Waals surface area contributed by atoms with E-state index < -0.39 is 5.91 Å². The van der Waals surface area contributed by atoms with Crippen LogP contribution in [0.5, 0.6) is 0 Å². The normalized spacial score (nSPS) is 11.9. The smallest absolute Gasteiger partial charge is 0.274 e. The summed E-state index contributed by atoms with van der Waals surface area (Å²) in [5, 5.41) is 11.7. The fourth-order valence-corrected chi connectivity index (χ4v) is 4.85. The number of fused-ring (bicyclic) bond motifs is 2. The topological polar surface area (TPSA) is 94.6 Å². The minimum Gasteiger partial charge on any atom is -0.335 e. The number of hydrogen-bond donors (Lipinski definition) is 3. The second kappa shape index (κ2) is 9.38. The summed E-state index contributed by atoms with van der Waals surface area (Å²) in [7, 11) is 0. The number of para-hydroxylation sites is 1. The lowest BCUT2D eigenvalue weighted by atomic mass is 10.1. The van der Waals surface area contributed by atoms with Gasteiger partial charge >= 0.3 is 0 Å². The number of amides is 2. The predicted molar refractivity (Wildman–Crippen MR) is 131 cm³/mol. The lowest BCUT2D eigenvalue weighted by molar-refractivity contribution is 0.0706. The van der Waals surface area contributed by atoms with Crippen molar-refractivity contribution in [1.29, 1.82) is 0 Å². The van der Waals surface area contributed by atoms with Crippen LogP contribution in [-0.4, -0.2) is 22.0 Å². The highest BCUT2D eigenvalue weighted by molar-refractivity contribution is 7.99. The van der Waals surface area contributed by atoms with Crippen molar-refractivity contribution in [3.63, 3.8) is 0 Å². The highest BCUT2D eigenvalue weighted by Crippen LogP contribution is 2.48. The van der Waals surface area contributed by atoms with Gasteiger partial charge in [-0.3, -0.25) is 14.8 Å². The van der Waals surface area contributed by atoms with Gasteiger partial charge in [-0.1, -0.05) is 42.1 Å². The summed E-state index contributed by atoms with van der Waals surface area (Å²) in [6, 6.07) is 26.2. The highest BCUT2D eigenvalue weighted by atomic mass is 32.2. The average Bonchev–Trinajstić information content (AvgIpc) is 2.89. The van der Waals surface area contributed by atoms with Crippen LogP contribution in [0.4, 0.5) is 17.2 Å². The van der Waals surface area contributed by atoms with Crippen LogP contribution >= 0.6 is 11.8 Å². The van der Waals surface area contributed by atoms with Crippen LogP contribution < -0.4 is 15.7 Å². The van der Waals surface area contributed by atoms with E-state index in [0.29, 0.717) is 23.5 Å². The Kier molecular flexibility index (Phi) is 5.99. The van der Waals surface area contributed by atoms with E-state index in [0.717, 1.165) is 26.7 Å². The molecule has 34 heavy (non-hydrogen) atoms. The molecule has 8 heteroatoms. The van der Waals surface area contributed by atoms with Gasteiger partial charge in [0.15, 0.2) is 0 Å². The third-order valence-electron chi connectivity index (χ3n) is 5.45. The molecule has 3 aromatic carbocycles. The number of pyridine rings is 1.